The molecule has 3 rings (SSSR count). The number of aromatic nitrogens is 1. The van der Waals surface area contributed by atoms with E-state index in [2.05, 4.69) is 10.5 Å². The number of carbonyl (C=O) groups is 2. The van der Waals surface area contributed by atoms with Crippen molar-refractivity contribution in [3.63, 3.8) is 0 Å². The highest BCUT2D eigenvalue weighted by atomic mass is 16.5. The molecule has 2 amide bonds. The molecule has 0 bridgehead atoms. The van der Waals surface area contributed by atoms with Crippen molar-refractivity contribution in [1.82, 2.24) is 15.4 Å². The van der Waals surface area contributed by atoms with Gasteiger partial charge in [-0.2, -0.15) is 0 Å². The van der Waals surface area contributed by atoms with E-state index in [4.69, 9.17) is 4.52 Å². The van der Waals surface area contributed by atoms with Crippen molar-refractivity contribution in [2.45, 2.75) is 38.3 Å². The van der Waals surface area contributed by atoms with Crippen LogP contribution in [-0.4, -0.2) is 34.0 Å². The molecule has 0 spiro atoms. The predicted octanol–water partition coefficient (Wildman–Crippen LogP) is 0.692. The summed E-state index contributed by atoms with van der Waals surface area (Å²) >= 11 is 0. The Morgan fingerprint density at radius 3 is 2.95 bits per heavy atom. The van der Waals surface area contributed by atoms with Gasteiger partial charge in [0.2, 0.25) is 11.8 Å². The van der Waals surface area contributed by atoms with E-state index in [0.717, 1.165) is 12.8 Å². The Balaban J connectivity index is 1.83. The molecule has 2 fully saturated rings. The topological polar surface area (TPSA) is 75.4 Å². The van der Waals surface area contributed by atoms with E-state index in [-0.39, 0.29) is 17.7 Å². The third kappa shape index (κ3) is 2.22. The molecule has 1 saturated carbocycles. The van der Waals surface area contributed by atoms with Gasteiger partial charge in [-0.25, -0.2) is 0 Å². The van der Waals surface area contributed by atoms with Gasteiger partial charge in [-0.15, -0.1) is 0 Å². The molecule has 0 aromatic carbocycles. The van der Waals surface area contributed by atoms with E-state index in [1.165, 1.54) is 6.26 Å². The van der Waals surface area contributed by atoms with Crippen LogP contribution in [-0.2, 0) is 16.1 Å². The zero-order valence-electron chi connectivity index (χ0n) is 10.9. The molecule has 0 radical (unpaired) electrons. The van der Waals surface area contributed by atoms with Gasteiger partial charge in [0.05, 0.1) is 6.54 Å². The molecule has 19 heavy (non-hydrogen) atoms. The molecule has 6 heteroatoms. The number of nitrogens with zero attached hydrogens (tertiary/aromatic N) is 2. The molecule has 1 aliphatic heterocycles. The second-order valence-electron chi connectivity index (χ2n) is 5.49. The van der Waals surface area contributed by atoms with Gasteiger partial charge in [-0.05, 0) is 25.7 Å². The fraction of sp³-hybridized carbons (Fsp3) is 0.615. The van der Waals surface area contributed by atoms with Gasteiger partial charge >= 0.3 is 0 Å². The monoisotopic (exact) mass is 263 g/mol. The molecule has 1 aromatic rings. The highest BCUT2D eigenvalue weighted by molar-refractivity contribution is 5.93. The Labute approximate surface area is 111 Å². The van der Waals surface area contributed by atoms with Crippen LogP contribution in [0.25, 0.3) is 0 Å². The lowest BCUT2D eigenvalue weighted by atomic mass is 9.94. The molecule has 1 aliphatic carbocycles. The Morgan fingerprint density at radius 1 is 1.53 bits per heavy atom. The van der Waals surface area contributed by atoms with Crippen LogP contribution in [0.1, 0.15) is 31.9 Å². The molecule has 1 saturated heterocycles. The van der Waals surface area contributed by atoms with Crippen LogP contribution in [0, 0.1) is 5.92 Å². The van der Waals surface area contributed by atoms with E-state index in [0.29, 0.717) is 25.2 Å². The standard InChI is InChI=1S/C13H17N3O3/c1-13(9-2-3-9)12(18)16(6-4-11(17)14-13)8-10-5-7-19-15-10/h5,7,9H,2-4,6,8H2,1H3,(H,14,17). The maximum absolute atomic E-state index is 12.7. The van der Waals surface area contributed by atoms with Crippen LogP contribution in [0.5, 0.6) is 0 Å². The first-order valence-corrected chi connectivity index (χ1v) is 6.59. The zero-order valence-corrected chi connectivity index (χ0v) is 10.9. The van der Waals surface area contributed by atoms with Crippen LogP contribution in [0.15, 0.2) is 16.9 Å². The summed E-state index contributed by atoms with van der Waals surface area (Å²) in [6.07, 6.45) is 3.83. The molecule has 6 nitrogen and oxygen atoms in total. The second-order valence-corrected chi connectivity index (χ2v) is 5.49. The Morgan fingerprint density at radius 2 is 2.32 bits per heavy atom. The summed E-state index contributed by atoms with van der Waals surface area (Å²) in [6, 6.07) is 1.74. The lowest BCUT2D eigenvalue weighted by Gasteiger charge is -2.31. The van der Waals surface area contributed by atoms with Crippen molar-refractivity contribution < 1.29 is 14.1 Å². The van der Waals surface area contributed by atoms with Gasteiger partial charge in [0, 0.05) is 19.0 Å². The SMILES string of the molecule is CC1(C2CC2)NC(=O)CCN(Cc2ccon2)C1=O. The average molecular weight is 263 g/mol. The molecule has 2 heterocycles. The maximum atomic E-state index is 12.7. The van der Waals surface area contributed by atoms with Gasteiger partial charge < -0.3 is 14.7 Å². The normalized spacial score (nSPS) is 28.2. The average Bonchev–Trinajstić information content (AvgIpc) is 3.13. The largest absolute Gasteiger partial charge is 0.364 e. The van der Waals surface area contributed by atoms with Gasteiger partial charge in [0.15, 0.2) is 0 Å². The summed E-state index contributed by atoms with van der Waals surface area (Å²) in [6.45, 7) is 2.67. The number of rotatable bonds is 3. The minimum absolute atomic E-state index is 0.0103. The summed E-state index contributed by atoms with van der Waals surface area (Å²) in [5, 5.41) is 6.73. The third-order valence-electron chi connectivity index (χ3n) is 3.98. The molecule has 1 unspecified atom stereocenters. The van der Waals surface area contributed by atoms with Gasteiger partial charge in [-0.1, -0.05) is 5.16 Å². The van der Waals surface area contributed by atoms with Gasteiger partial charge in [-0.3, -0.25) is 9.59 Å². The summed E-state index contributed by atoms with van der Waals surface area (Å²) < 4.78 is 4.78. The van der Waals surface area contributed by atoms with Gasteiger partial charge in [0.1, 0.15) is 17.5 Å². The highest BCUT2D eigenvalue weighted by Crippen LogP contribution is 2.41. The summed E-state index contributed by atoms with van der Waals surface area (Å²) in [4.78, 5) is 26.2. The zero-order chi connectivity index (χ0) is 13.5. The molecule has 1 atom stereocenters. The Bertz CT molecular complexity index is 495. The highest BCUT2D eigenvalue weighted by Gasteiger charge is 2.51. The maximum Gasteiger partial charge on any atom is 0.248 e. The second kappa shape index (κ2) is 4.36. The van der Waals surface area contributed by atoms with E-state index in [1.54, 1.807) is 11.0 Å². The van der Waals surface area contributed by atoms with Crippen LogP contribution < -0.4 is 5.32 Å². The third-order valence-corrected chi connectivity index (χ3v) is 3.98. The number of nitrogens with one attached hydrogen (secondary N) is 1. The molecular formula is C13H17N3O3. The lowest BCUT2D eigenvalue weighted by Crippen LogP contribution is -2.56. The van der Waals surface area contributed by atoms with Crippen LogP contribution in [0.2, 0.25) is 0 Å². The smallest absolute Gasteiger partial charge is 0.248 e. The van der Waals surface area contributed by atoms with Gasteiger partial charge in [0.25, 0.3) is 0 Å². The quantitative estimate of drug-likeness (QED) is 0.870. The first kappa shape index (κ1) is 12.2. The number of carbonyl (C=O) groups excluding carboxylic acids is 2. The van der Waals surface area contributed by atoms with Crippen molar-refractivity contribution in [2.24, 2.45) is 5.92 Å². The van der Waals surface area contributed by atoms with E-state index >= 15 is 0 Å². The molecular weight excluding hydrogens is 246 g/mol. The van der Waals surface area contributed by atoms with Crippen molar-refractivity contribution in [3.8, 4) is 0 Å². The van der Waals surface area contributed by atoms with E-state index in [9.17, 15) is 9.59 Å². The molecule has 2 aliphatic rings. The Kier molecular flexibility index (Phi) is 2.80. The van der Waals surface area contributed by atoms with Crippen molar-refractivity contribution in [1.29, 1.82) is 0 Å². The fourth-order valence-electron chi connectivity index (χ4n) is 2.67. The first-order chi connectivity index (χ1) is 9.09. The van der Waals surface area contributed by atoms with Crippen LogP contribution in [0.3, 0.4) is 0 Å². The van der Waals surface area contributed by atoms with E-state index < -0.39 is 5.54 Å². The van der Waals surface area contributed by atoms with Crippen molar-refractivity contribution in [2.75, 3.05) is 6.54 Å². The fourth-order valence-corrected chi connectivity index (χ4v) is 2.67. The van der Waals surface area contributed by atoms with Crippen LogP contribution >= 0.6 is 0 Å². The molecule has 102 valence electrons. The first-order valence-electron chi connectivity index (χ1n) is 6.59. The van der Waals surface area contributed by atoms with E-state index in [1.807, 2.05) is 6.92 Å². The molecule has 1 N–H and O–H groups in total. The summed E-state index contributed by atoms with van der Waals surface area (Å²) in [7, 11) is 0. The predicted molar refractivity (Wildman–Crippen MR) is 65.8 cm³/mol. The minimum atomic E-state index is -0.753. The molecule has 1 aromatic heterocycles. The lowest BCUT2D eigenvalue weighted by molar-refractivity contribution is -0.139. The van der Waals surface area contributed by atoms with Crippen molar-refractivity contribution in [3.05, 3.63) is 18.0 Å². The Hall–Kier alpha value is -1.85. The van der Waals surface area contributed by atoms with Crippen LogP contribution in [0.4, 0.5) is 0 Å². The number of hydrogen-bond acceptors (Lipinski definition) is 4. The minimum Gasteiger partial charge on any atom is -0.364 e. The number of amides is 2. The summed E-state index contributed by atoms with van der Waals surface area (Å²) in [5.74, 6) is 0.205. The van der Waals surface area contributed by atoms with Crippen molar-refractivity contribution >= 4 is 11.8 Å². The summed E-state index contributed by atoms with van der Waals surface area (Å²) in [5.41, 5.74) is -0.0435. The number of hydrogen-bond donors (Lipinski definition) is 1.